The number of amidine groups is 1. The molecule has 172 valence electrons. The van der Waals surface area contributed by atoms with Crippen LogP contribution in [0.15, 0.2) is 39.7 Å². The van der Waals surface area contributed by atoms with Gasteiger partial charge in [-0.2, -0.15) is 4.99 Å². The molecule has 1 saturated heterocycles. The Morgan fingerprint density at radius 3 is 2.66 bits per heavy atom. The van der Waals surface area contributed by atoms with Gasteiger partial charge in [0.2, 0.25) is 5.13 Å². The van der Waals surface area contributed by atoms with E-state index in [9.17, 15) is 4.79 Å². The molecule has 0 aliphatic carbocycles. The molecule has 1 amide bonds. The minimum atomic E-state index is -0.0461. The number of carbonyl (C=O) groups excluding carboxylic acids is 1. The number of aliphatic imine (C=N–C) groups is 1. The van der Waals surface area contributed by atoms with Gasteiger partial charge < -0.3 is 9.47 Å². The van der Waals surface area contributed by atoms with Gasteiger partial charge in [-0.25, -0.2) is 4.98 Å². The van der Waals surface area contributed by atoms with E-state index in [4.69, 9.17) is 9.47 Å². The Morgan fingerprint density at radius 2 is 1.94 bits per heavy atom. The van der Waals surface area contributed by atoms with Gasteiger partial charge >= 0.3 is 0 Å². The molecule has 0 spiro atoms. The summed E-state index contributed by atoms with van der Waals surface area (Å²) in [6.45, 7) is 5.41. The summed E-state index contributed by atoms with van der Waals surface area (Å²) in [6.07, 6.45) is 10.9. The number of hydrogen-bond donors (Lipinski definition) is 0. The summed E-state index contributed by atoms with van der Waals surface area (Å²) in [4.78, 5) is 23.9. The molecule has 8 heteroatoms. The van der Waals surface area contributed by atoms with Crippen LogP contribution in [0.2, 0.25) is 0 Å². The summed E-state index contributed by atoms with van der Waals surface area (Å²) in [5.74, 6) is 1.36. The van der Waals surface area contributed by atoms with Gasteiger partial charge in [0.1, 0.15) is 0 Å². The summed E-state index contributed by atoms with van der Waals surface area (Å²) >= 11 is 2.82. The highest BCUT2D eigenvalue weighted by Crippen LogP contribution is 2.36. The molecule has 0 radical (unpaired) electrons. The van der Waals surface area contributed by atoms with Crippen LogP contribution in [0, 0.1) is 0 Å². The van der Waals surface area contributed by atoms with Gasteiger partial charge in [-0.3, -0.25) is 9.69 Å². The van der Waals surface area contributed by atoms with Crippen molar-refractivity contribution in [3.05, 3.63) is 40.2 Å². The average Bonchev–Trinajstić information content (AvgIpc) is 3.41. The van der Waals surface area contributed by atoms with E-state index >= 15 is 0 Å². The normalized spacial score (nSPS) is 16.3. The molecule has 0 atom stereocenters. The zero-order valence-electron chi connectivity index (χ0n) is 19.0. The van der Waals surface area contributed by atoms with E-state index in [0.717, 1.165) is 17.7 Å². The Morgan fingerprint density at radius 1 is 1.12 bits per heavy atom. The number of ether oxygens (including phenoxy) is 2. The van der Waals surface area contributed by atoms with Crippen molar-refractivity contribution in [2.45, 2.75) is 52.4 Å². The number of unbranched alkanes of at least 4 members (excludes halogenated alkanes) is 5. The number of hydrogen-bond acceptors (Lipinski definition) is 7. The molecule has 1 aromatic carbocycles. The molecule has 0 bridgehead atoms. The fourth-order valence-electron chi connectivity index (χ4n) is 3.33. The number of amides is 1. The largest absolute Gasteiger partial charge is 0.493 e. The van der Waals surface area contributed by atoms with Crippen LogP contribution < -0.4 is 9.47 Å². The predicted octanol–water partition coefficient (Wildman–Crippen LogP) is 6.51. The lowest BCUT2D eigenvalue weighted by Gasteiger charge is -2.12. The summed E-state index contributed by atoms with van der Waals surface area (Å²) in [5, 5.41) is 3.18. The molecule has 2 heterocycles. The Labute approximate surface area is 198 Å². The topological polar surface area (TPSA) is 64.0 Å². The third-order valence-corrected chi connectivity index (χ3v) is 6.73. The first-order chi connectivity index (χ1) is 15.7. The van der Waals surface area contributed by atoms with Crippen LogP contribution in [0.3, 0.4) is 0 Å². The second-order valence-corrected chi connectivity index (χ2v) is 9.28. The summed E-state index contributed by atoms with van der Waals surface area (Å²) in [5.41, 5.74) is 0.885. The van der Waals surface area contributed by atoms with Gasteiger partial charge in [-0.15, -0.1) is 11.3 Å². The molecule has 6 nitrogen and oxygen atoms in total. The molecule has 1 fully saturated rings. The van der Waals surface area contributed by atoms with Crippen molar-refractivity contribution in [1.29, 1.82) is 0 Å². The van der Waals surface area contributed by atoms with E-state index in [1.807, 2.05) is 36.6 Å². The van der Waals surface area contributed by atoms with Crippen molar-refractivity contribution in [3.8, 4) is 11.5 Å². The number of nitrogens with zero attached hydrogens (tertiary/aromatic N) is 3. The molecule has 1 aliphatic rings. The van der Waals surface area contributed by atoms with Crippen LogP contribution in [0.5, 0.6) is 11.5 Å². The molecule has 0 saturated carbocycles. The molecule has 1 aliphatic heterocycles. The number of benzene rings is 1. The van der Waals surface area contributed by atoms with Crippen LogP contribution >= 0.6 is 23.1 Å². The van der Waals surface area contributed by atoms with E-state index in [0.29, 0.717) is 34.1 Å². The minimum absolute atomic E-state index is 0.0461. The number of thiazole rings is 1. The molecule has 2 aromatic rings. The number of methoxy groups -OCH3 is 1. The van der Waals surface area contributed by atoms with Crippen molar-refractivity contribution in [2.24, 2.45) is 4.99 Å². The van der Waals surface area contributed by atoms with Crippen molar-refractivity contribution in [1.82, 2.24) is 9.88 Å². The molecule has 32 heavy (non-hydrogen) atoms. The van der Waals surface area contributed by atoms with Crippen molar-refractivity contribution >= 4 is 45.4 Å². The number of thioether (sulfide) groups is 1. The van der Waals surface area contributed by atoms with E-state index in [-0.39, 0.29) is 5.91 Å². The first-order valence-corrected chi connectivity index (χ1v) is 12.9. The molecule has 0 unspecified atom stereocenters. The van der Waals surface area contributed by atoms with Gasteiger partial charge in [-0.1, -0.05) is 45.1 Å². The van der Waals surface area contributed by atoms with Gasteiger partial charge in [0.05, 0.1) is 18.6 Å². The Balaban J connectivity index is 1.65. The Kier molecular flexibility index (Phi) is 9.62. The first kappa shape index (κ1) is 24.3. The maximum atomic E-state index is 12.9. The van der Waals surface area contributed by atoms with E-state index in [1.165, 1.54) is 55.2 Å². The summed E-state index contributed by atoms with van der Waals surface area (Å²) in [6, 6.07) is 5.77. The second kappa shape index (κ2) is 12.6. The van der Waals surface area contributed by atoms with Crippen LogP contribution in [-0.2, 0) is 4.79 Å². The average molecular weight is 474 g/mol. The SMILES string of the molecule is CCCCCCCCOc1ccc(/C=C2\S/C(=N/c3nccs3)N(CC)C2=O)cc1OC. The molecular weight excluding hydrogens is 442 g/mol. The fraction of sp³-hybridized carbons (Fsp3) is 0.458. The van der Waals surface area contributed by atoms with E-state index in [1.54, 1.807) is 18.2 Å². The fourth-order valence-corrected chi connectivity index (χ4v) is 4.94. The molecular formula is C24H31N3O3S2. The second-order valence-electron chi connectivity index (χ2n) is 7.40. The first-order valence-electron chi connectivity index (χ1n) is 11.2. The zero-order chi connectivity index (χ0) is 22.8. The number of likely N-dealkylation sites (N-methyl/N-ethyl adjacent to an activating group) is 1. The standard InChI is InChI=1S/C24H31N3O3S2/c1-4-6-7-8-9-10-14-30-19-12-11-18(16-20(19)29-3)17-21-22(28)27(5-2)24(32-21)26-23-25-13-15-31-23/h11-13,15-17H,4-10,14H2,1-3H3/b21-17-,26-24+. The van der Waals surface area contributed by atoms with Gasteiger partial charge in [0.25, 0.3) is 5.91 Å². The lowest BCUT2D eigenvalue weighted by molar-refractivity contribution is -0.122. The number of carbonyl (C=O) groups is 1. The van der Waals surface area contributed by atoms with Gasteiger partial charge in [0, 0.05) is 18.1 Å². The third-order valence-electron chi connectivity index (χ3n) is 5.06. The number of rotatable bonds is 12. The highest BCUT2D eigenvalue weighted by atomic mass is 32.2. The lowest BCUT2D eigenvalue weighted by atomic mass is 10.1. The summed E-state index contributed by atoms with van der Waals surface area (Å²) < 4.78 is 11.5. The van der Waals surface area contributed by atoms with Crippen LogP contribution in [0.25, 0.3) is 6.08 Å². The Bertz CT molecular complexity index is 942. The number of aromatic nitrogens is 1. The zero-order valence-corrected chi connectivity index (χ0v) is 20.6. The summed E-state index contributed by atoms with van der Waals surface area (Å²) in [7, 11) is 1.64. The smallest absolute Gasteiger partial charge is 0.266 e. The monoisotopic (exact) mass is 473 g/mol. The maximum absolute atomic E-state index is 12.9. The van der Waals surface area contributed by atoms with Gasteiger partial charge in [0.15, 0.2) is 16.7 Å². The quantitative estimate of drug-likeness (QED) is 0.259. The van der Waals surface area contributed by atoms with Crippen LogP contribution in [0.4, 0.5) is 5.13 Å². The van der Waals surface area contributed by atoms with E-state index < -0.39 is 0 Å². The van der Waals surface area contributed by atoms with Crippen molar-refractivity contribution in [2.75, 3.05) is 20.3 Å². The highest BCUT2D eigenvalue weighted by molar-refractivity contribution is 8.18. The van der Waals surface area contributed by atoms with Crippen LogP contribution in [-0.4, -0.2) is 41.2 Å². The van der Waals surface area contributed by atoms with E-state index in [2.05, 4.69) is 16.9 Å². The third kappa shape index (κ3) is 6.59. The van der Waals surface area contributed by atoms with Crippen molar-refractivity contribution in [3.63, 3.8) is 0 Å². The molecule has 1 aromatic heterocycles. The maximum Gasteiger partial charge on any atom is 0.266 e. The molecule has 3 rings (SSSR count). The molecule has 0 N–H and O–H groups in total. The van der Waals surface area contributed by atoms with Crippen LogP contribution in [0.1, 0.15) is 57.9 Å². The van der Waals surface area contributed by atoms with Crippen molar-refractivity contribution < 1.29 is 14.3 Å². The van der Waals surface area contributed by atoms with Gasteiger partial charge in [-0.05, 0) is 48.9 Å². The predicted molar refractivity (Wildman–Crippen MR) is 134 cm³/mol. The Hall–Kier alpha value is -2.32. The highest BCUT2D eigenvalue weighted by Gasteiger charge is 2.32. The minimum Gasteiger partial charge on any atom is -0.493 e. The lowest BCUT2D eigenvalue weighted by Crippen LogP contribution is -2.28.